The number of aromatic nitrogens is 5. The molecule has 0 bridgehead atoms. The van der Waals surface area contributed by atoms with E-state index in [0.29, 0.717) is 17.0 Å². The number of fused-ring (bicyclic) bond motifs is 1. The van der Waals surface area contributed by atoms with Crippen molar-refractivity contribution in [2.75, 3.05) is 6.61 Å². The smallest absolute Gasteiger partial charge is 0.168 e. The Kier molecular flexibility index (Phi) is 2.98. The van der Waals surface area contributed by atoms with Crippen LogP contribution in [0.2, 0.25) is 0 Å². The standard InChI is InChI=1S/C12H13N5O2/c18-6-9(19)5-17-8-15-10-11(13-7-14-12(10)17)16-3-1-2-4-16/h1-4,7-9,18-19H,5-6H2. The number of aliphatic hydroxyl groups is 2. The van der Waals surface area contributed by atoms with E-state index in [9.17, 15) is 5.11 Å². The number of hydrogen-bond donors (Lipinski definition) is 2. The molecule has 98 valence electrons. The minimum absolute atomic E-state index is 0.245. The lowest BCUT2D eigenvalue weighted by Crippen LogP contribution is -2.19. The van der Waals surface area contributed by atoms with Crippen molar-refractivity contribution in [1.29, 1.82) is 0 Å². The monoisotopic (exact) mass is 259 g/mol. The number of imidazole rings is 1. The fourth-order valence-corrected chi connectivity index (χ4v) is 1.95. The Balaban J connectivity index is 2.08. The van der Waals surface area contributed by atoms with Gasteiger partial charge in [0.2, 0.25) is 0 Å². The molecule has 0 saturated carbocycles. The molecule has 2 N–H and O–H groups in total. The van der Waals surface area contributed by atoms with Gasteiger partial charge in [-0.2, -0.15) is 0 Å². The predicted octanol–water partition coefficient (Wildman–Crippen LogP) is -0.0298. The maximum Gasteiger partial charge on any atom is 0.168 e. The third-order valence-electron chi connectivity index (χ3n) is 2.85. The van der Waals surface area contributed by atoms with Crippen LogP contribution in [0.5, 0.6) is 0 Å². The average Bonchev–Trinajstić information content (AvgIpc) is 3.08. The van der Waals surface area contributed by atoms with E-state index in [0.717, 1.165) is 0 Å². The van der Waals surface area contributed by atoms with Gasteiger partial charge in [-0.05, 0) is 12.1 Å². The van der Waals surface area contributed by atoms with E-state index in [2.05, 4.69) is 15.0 Å². The maximum atomic E-state index is 9.50. The predicted molar refractivity (Wildman–Crippen MR) is 67.7 cm³/mol. The van der Waals surface area contributed by atoms with E-state index >= 15 is 0 Å². The van der Waals surface area contributed by atoms with Crippen LogP contribution in [-0.2, 0) is 6.54 Å². The molecule has 1 unspecified atom stereocenters. The normalized spacial score (nSPS) is 12.9. The summed E-state index contributed by atoms with van der Waals surface area (Å²) in [6, 6.07) is 3.81. The van der Waals surface area contributed by atoms with Crippen LogP contribution in [0.1, 0.15) is 0 Å². The molecule has 0 fully saturated rings. The highest BCUT2D eigenvalue weighted by atomic mass is 16.3. The maximum absolute atomic E-state index is 9.50. The summed E-state index contributed by atoms with van der Waals surface area (Å²) in [7, 11) is 0. The third kappa shape index (κ3) is 2.09. The van der Waals surface area contributed by atoms with Gasteiger partial charge in [0.15, 0.2) is 17.0 Å². The lowest BCUT2D eigenvalue weighted by Gasteiger charge is -2.08. The Morgan fingerprint density at radius 2 is 1.95 bits per heavy atom. The number of rotatable bonds is 4. The Morgan fingerprint density at radius 1 is 1.16 bits per heavy atom. The molecule has 0 saturated heterocycles. The molecule has 0 aliphatic heterocycles. The number of aliphatic hydroxyl groups excluding tert-OH is 2. The van der Waals surface area contributed by atoms with Crippen LogP contribution in [-0.4, -0.2) is 47.0 Å². The highest BCUT2D eigenvalue weighted by Gasteiger charge is 2.13. The van der Waals surface area contributed by atoms with Crippen LogP contribution < -0.4 is 0 Å². The SMILES string of the molecule is OCC(O)Cn1cnc2c(-n3cccc3)ncnc21. The lowest BCUT2D eigenvalue weighted by atomic mass is 10.4. The first-order valence-corrected chi connectivity index (χ1v) is 5.87. The largest absolute Gasteiger partial charge is 0.394 e. The van der Waals surface area contributed by atoms with Crippen molar-refractivity contribution in [2.24, 2.45) is 0 Å². The van der Waals surface area contributed by atoms with E-state index in [1.54, 1.807) is 10.9 Å². The fraction of sp³-hybridized carbons (Fsp3) is 0.250. The van der Waals surface area contributed by atoms with Gasteiger partial charge >= 0.3 is 0 Å². The summed E-state index contributed by atoms with van der Waals surface area (Å²) in [6.45, 7) is -0.0512. The van der Waals surface area contributed by atoms with Crippen LogP contribution in [0.15, 0.2) is 37.2 Å². The zero-order valence-corrected chi connectivity index (χ0v) is 10.1. The van der Waals surface area contributed by atoms with E-state index in [1.165, 1.54) is 6.33 Å². The van der Waals surface area contributed by atoms with Gasteiger partial charge in [-0.1, -0.05) is 0 Å². The van der Waals surface area contributed by atoms with Gasteiger partial charge in [0.1, 0.15) is 6.33 Å². The van der Waals surface area contributed by atoms with Crippen molar-refractivity contribution in [2.45, 2.75) is 12.6 Å². The van der Waals surface area contributed by atoms with Crippen LogP contribution in [0.4, 0.5) is 0 Å². The highest BCUT2D eigenvalue weighted by Crippen LogP contribution is 2.17. The summed E-state index contributed by atoms with van der Waals surface area (Å²) in [5, 5.41) is 18.4. The Hall–Kier alpha value is -2.25. The van der Waals surface area contributed by atoms with Crippen LogP contribution in [0, 0.1) is 0 Å². The first-order valence-electron chi connectivity index (χ1n) is 5.87. The Morgan fingerprint density at radius 3 is 2.68 bits per heavy atom. The zero-order chi connectivity index (χ0) is 13.2. The van der Waals surface area contributed by atoms with E-state index in [1.807, 2.05) is 29.1 Å². The summed E-state index contributed by atoms with van der Waals surface area (Å²) >= 11 is 0. The Bertz CT molecular complexity index is 677. The molecule has 3 aromatic rings. The van der Waals surface area contributed by atoms with Crippen LogP contribution >= 0.6 is 0 Å². The topological polar surface area (TPSA) is 89.0 Å². The van der Waals surface area contributed by atoms with Gasteiger partial charge < -0.3 is 19.3 Å². The van der Waals surface area contributed by atoms with E-state index in [-0.39, 0.29) is 13.2 Å². The summed E-state index contributed by atoms with van der Waals surface area (Å²) in [6.07, 6.45) is 5.97. The molecule has 3 aromatic heterocycles. The zero-order valence-electron chi connectivity index (χ0n) is 10.1. The van der Waals surface area contributed by atoms with Crippen LogP contribution in [0.25, 0.3) is 17.0 Å². The van der Waals surface area contributed by atoms with E-state index < -0.39 is 6.10 Å². The van der Waals surface area contributed by atoms with Crippen molar-refractivity contribution < 1.29 is 10.2 Å². The Labute approximate surface area is 108 Å². The number of nitrogens with zero attached hydrogens (tertiary/aromatic N) is 5. The third-order valence-corrected chi connectivity index (χ3v) is 2.85. The summed E-state index contributed by atoms with van der Waals surface area (Å²) in [4.78, 5) is 12.7. The van der Waals surface area contributed by atoms with Crippen molar-refractivity contribution in [3.8, 4) is 5.82 Å². The first-order chi connectivity index (χ1) is 9.29. The van der Waals surface area contributed by atoms with Gasteiger partial charge in [-0.25, -0.2) is 15.0 Å². The average molecular weight is 259 g/mol. The molecule has 7 nitrogen and oxygen atoms in total. The molecule has 3 heterocycles. The van der Waals surface area contributed by atoms with Gasteiger partial charge in [-0.15, -0.1) is 0 Å². The minimum atomic E-state index is -0.831. The minimum Gasteiger partial charge on any atom is -0.394 e. The van der Waals surface area contributed by atoms with Crippen molar-refractivity contribution in [3.63, 3.8) is 0 Å². The van der Waals surface area contributed by atoms with Gasteiger partial charge in [0.05, 0.1) is 25.6 Å². The van der Waals surface area contributed by atoms with Crippen molar-refractivity contribution in [3.05, 3.63) is 37.2 Å². The fourth-order valence-electron chi connectivity index (χ4n) is 1.95. The summed E-state index contributed by atoms with van der Waals surface area (Å²) in [5.41, 5.74) is 1.29. The van der Waals surface area contributed by atoms with Gasteiger partial charge in [-0.3, -0.25) is 0 Å². The molecule has 1 atom stereocenters. The molecule has 0 aromatic carbocycles. The second-order valence-electron chi connectivity index (χ2n) is 4.19. The van der Waals surface area contributed by atoms with E-state index in [4.69, 9.17) is 5.11 Å². The number of hydrogen-bond acceptors (Lipinski definition) is 5. The van der Waals surface area contributed by atoms with Crippen LogP contribution in [0.3, 0.4) is 0 Å². The van der Waals surface area contributed by atoms with Gasteiger partial charge in [0, 0.05) is 12.4 Å². The molecule has 3 rings (SSSR count). The van der Waals surface area contributed by atoms with Crippen molar-refractivity contribution in [1.82, 2.24) is 24.1 Å². The molecule has 0 spiro atoms. The molecular weight excluding hydrogens is 246 g/mol. The molecule has 19 heavy (non-hydrogen) atoms. The summed E-state index contributed by atoms with van der Waals surface area (Å²) in [5.74, 6) is 0.687. The lowest BCUT2D eigenvalue weighted by molar-refractivity contribution is 0.0820. The molecule has 0 radical (unpaired) electrons. The molecule has 7 heteroatoms. The summed E-state index contributed by atoms with van der Waals surface area (Å²) < 4.78 is 3.55. The highest BCUT2D eigenvalue weighted by molar-refractivity contribution is 5.78. The molecule has 0 aliphatic rings. The molecule has 0 aliphatic carbocycles. The molecular formula is C12H13N5O2. The van der Waals surface area contributed by atoms with Gasteiger partial charge in [0.25, 0.3) is 0 Å². The second kappa shape index (κ2) is 4.79. The first kappa shape index (κ1) is 11.8. The van der Waals surface area contributed by atoms with Crippen molar-refractivity contribution >= 4 is 11.2 Å². The quantitative estimate of drug-likeness (QED) is 0.687. The second-order valence-corrected chi connectivity index (χ2v) is 4.19. The molecule has 0 amide bonds.